The SMILES string of the molecule is [2H]C([2H])(C#N)CC1(C(F)(F)F)CC1.[2H]C([2H])(CC1(C(F)(F)F)CC1)C(=O)O. The van der Waals surface area contributed by atoms with E-state index in [9.17, 15) is 31.1 Å². The van der Waals surface area contributed by atoms with Crippen LogP contribution in [-0.2, 0) is 4.79 Å². The van der Waals surface area contributed by atoms with Crippen LogP contribution in [0.1, 0.15) is 56.8 Å². The van der Waals surface area contributed by atoms with Gasteiger partial charge in [-0.2, -0.15) is 31.6 Å². The van der Waals surface area contributed by atoms with Crippen molar-refractivity contribution in [1.29, 1.82) is 5.26 Å². The Labute approximate surface area is 134 Å². The maximum atomic E-state index is 12.3. The number of alkyl halides is 6. The van der Waals surface area contributed by atoms with Gasteiger partial charge in [0.1, 0.15) is 0 Å². The van der Waals surface area contributed by atoms with Crippen LogP contribution >= 0.6 is 0 Å². The molecule has 0 aromatic carbocycles. The minimum absolute atomic E-state index is 0.0578. The molecule has 2 aliphatic carbocycles. The molecule has 2 aliphatic rings. The number of rotatable bonds is 5. The molecule has 23 heavy (non-hydrogen) atoms. The second-order valence-corrected chi connectivity index (χ2v) is 5.68. The molecule has 9 heteroatoms. The highest BCUT2D eigenvalue weighted by molar-refractivity contribution is 5.66. The molecule has 2 fully saturated rings. The van der Waals surface area contributed by atoms with Gasteiger partial charge < -0.3 is 5.11 Å². The number of aliphatic carboxylic acids is 1. The molecular formula is C14H17F6NO2. The third kappa shape index (κ3) is 5.01. The first-order valence-corrected chi connectivity index (χ1v) is 6.61. The summed E-state index contributed by atoms with van der Waals surface area (Å²) in [6, 6.07) is 1.24. The zero-order chi connectivity index (χ0) is 21.5. The monoisotopic (exact) mass is 349 g/mol. The molecule has 0 saturated heterocycles. The average Bonchev–Trinajstić information content (AvgIpc) is 3.34. The highest BCUT2D eigenvalue weighted by Crippen LogP contribution is 2.61. The van der Waals surface area contributed by atoms with E-state index in [0.29, 0.717) is 0 Å². The van der Waals surface area contributed by atoms with Crippen molar-refractivity contribution in [3.8, 4) is 6.07 Å². The van der Waals surface area contributed by atoms with Crippen LogP contribution in [0.3, 0.4) is 0 Å². The van der Waals surface area contributed by atoms with E-state index in [2.05, 4.69) is 0 Å². The van der Waals surface area contributed by atoms with Gasteiger partial charge in [0.2, 0.25) is 0 Å². The topological polar surface area (TPSA) is 61.1 Å². The smallest absolute Gasteiger partial charge is 0.394 e. The summed E-state index contributed by atoms with van der Waals surface area (Å²) in [6.07, 6.45) is -16.2. The Hall–Kier alpha value is -1.46. The molecule has 0 aromatic heterocycles. The number of carboxylic acids is 1. The van der Waals surface area contributed by atoms with E-state index in [-0.39, 0.29) is 25.7 Å². The van der Waals surface area contributed by atoms with Crippen LogP contribution in [0, 0.1) is 22.2 Å². The summed E-state index contributed by atoms with van der Waals surface area (Å²) in [5, 5.41) is 16.6. The number of hydrogen-bond donors (Lipinski definition) is 1. The molecule has 0 amide bonds. The standard InChI is InChI=1S/C7H8F3N.C7H9F3O2/c8-7(9,10)6(3-4-6)2-1-5-11;8-7(9,10)6(3-4-6)2-1-5(11)12/h1-4H2;1-4H2,(H,11,12)/i2*1D2. The zero-order valence-electron chi connectivity index (χ0n) is 15.8. The molecular weight excluding hydrogens is 328 g/mol. The van der Waals surface area contributed by atoms with Gasteiger partial charge in [0.15, 0.2) is 0 Å². The molecule has 0 atom stereocenters. The van der Waals surface area contributed by atoms with E-state index >= 15 is 0 Å². The lowest BCUT2D eigenvalue weighted by Gasteiger charge is -2.17. The zero-order valence-corrected chi connectivity index (χ0v) is 11.8. The van der Waals surface area contributed by atoms with Crippen molar-refractivity contribution in [3.63, 3.8) is 0 Å². The fourth-order valence-electron chi connectivity index (χ4n) is 1.88. The molecule has 0 heterocycles. The summed E-state index contributed by atoms with van der Waals surface area (Å²) in [5.74, 6) is -1.84. The van der Waals surface area contributed by atoms with Crippen LogP contribution < -0.4 is 0 Å². The van der Waals surface area contributed by atoms with Crippen molar-refractivity contribution in [2.45, 2.75) is 63.6 Å². The number of hydrogen-bond acceptors (Lipinski definition) is 2. The second-order valence-electron chi connectivity index (χ2n) is 5.68. The van der Waals surface area contributed by atoms with Gasteiger partial charge in [-0.15, -0.1) is 0 Å². The predicted octanol–water partition coefficient (Wildman–Crippen LogP) is 4.83. The van der Waals surface area contributed by atoms with Crippen molar-refractivity contribution in [2.75, 3.05) is 0 Å². The van der Waals surface area contributed by atoms with Crippen LogP contribution in [0.2, 0.25) is 0 Å². The largest absolute Gasteiger partial charge is 0.481 e. The number of nitriles is 1. The van der Waals surface area contributed by atoms with E-state index in [1.165, 1.54) is 6.07 Å². The van der Waals surface area contributed by atoms with E-state index in [1.807, 2.05) is 0 Å². The Kier molecular flexibility index (Phi) is 3.98. The average molecular weight is 349 g/mol. The van der Waals surface area contributed by atoms with Crippen LogP contribution in [0.15, 0.2) is 0 Å². The van der Waals surface area contributed by atoms with E-state index in [1.54, 1.807) is 0 Å². The lowest BCUT2D eigenvalue weighted by molar-refractivity contribution is -0.190. The van der Waals surface area contributed by atoms with Gasteiger partial charge in [0, 0.05) is 18.2 Å². The Balaban J connectivity index is 0.000000271. The quantitative estimate of drug-likeness (QED) is 0.724. The third-order valence-corrected chi connectivity index (χ3v) is 3.99. The summed E-state index contributed by atoms with van der Waals surface area (Å²) in [7, 11) is 0. The molecule has 0 aliphatic heterocycles. The second kappa shape index (κ2) is 6.57. The molecule has 0 aromatic rings. The molecule has 0 spiro atoms. The first-order chi connectivity index (χ1) is 11.8. The van der Waals surface area contributed by atoms with Gasteiger partial charge in [0.05, 0.1) is 16.9 Å². The first kappa shape index (κ1) is 13.9. The molecule has 0 bridgehead atoms. The highest BCUT2D eigenvalue weighted by Gasteiger charge is 2.63. The predicted molar refractivity (Wildman–Crippen MR) is 67.2 cm³/mol. The number of carbonyl (C=O) groups is 1. The Morgan fingerprint density at radius 2 is 1.43 bits per heavy atom. The molecule has 2 saturated carbocycles. The highest BCUT2D eigenvalue weighted by atomic mass is 19.4. The minimum Gasteiger partial charge on any atom is -0.481 e. The van der Waals surface area contributed by atoms with Gasteiger partial charge in [-0.25, -0.2) is 0 Å². The van der Waals surface area contributed by atoms with Crippen molar-refractivity contribution >= 4 is 5.97 Å². The lowest BCUT2D eigenvalue weighted by atomic mass is 10.00. The molecule has 132 valence electrons. The van der Waals surface area contributed by atoms with Crippen molar-refractivity contribution < 1.29 is 41.7 Å². The lowest BCUT2D eigenvalue weighted by Crippen LogP contribution is -2.25. The fourth-order valence-corrected chi connectivity index (χ4v) is 1.88. The van der Waals surface area contributed by atoms with Crippen molar-refractivity contribution in [2.24, 2.45) is 10.8 Å². The summed E-state index contributed by atoms with van der Waals surface area (Å²) in [4.78, 5) is 10.3. The van der Waals surface area contributed by atoms with Crippen LogP contribution in [-0.4, -0.2) is 23.4 Å². The summed E-state index contributed by atoms with van der Waals surface area (Å²) in [6.45, 7) is 0. The Morgan fingerprint density at radius 3 is 1.70 bits per heavy atom. The number of carboxylic acid groups (broad SMARTS) is 1. The summed E-state index contributed by atoms with van der Waals surface area (Å²) in [5.41, 5.74) is -4.03. The fraction of sp³-hybridized carbons (Fsp3) is 0.857. The number of nitrogens with zero attached hydrogens (tertiary/aromatic N) is 1. The summed E-state index contributed by atoms with van der Waals surface area (Å²) < 4.78 is 102. The third-order valence-electron chi connectivity index (χ3n) is 3.99. The minimum atomic E-state index is -4.50. The van der Waals surface area contributed by atoms with Crippen molar-refractivity contribution in [1.82, 2.24) is 0 Å². The Bertz CT molecular complexity index is 619. The summed E-state index contributed by atoms with van der Waals surface area (Å²) >= 11 is 0. The van der Waals surface area contributed by atoms with E-state index < -0.39 is 54.7 Å². The maximum Gasteiger partial charge on any atom is 0.394 e. The molecule has 0 radical (unpaired) electrons. The first-order valence-electron chi connectivity index (χ1n) is 8.61. The van der Waals surface area contributed by atoms with Crippen LogP contribution in [0.4, 0.5) is 26.3 Å². The number of halogens is 6. The van der Waals surface area contributed by atoms with Gasteiger partial charge in [-0.05, 0) is 38.5 Å². The van der Waals surface area contributed by atoms with Crippen molar-refractivity contribution in [3.05, 3.63) is 0 Å². The van der Waals surface area contributed by atoms with E-state index in [4.69, 9.17) is 15.9 Å². The van der Waals surface area contributed by atoms with Gasteiger partial charge in [-0.1, -0.05) is 0 Å². The molecule has 1 N–H and O–H groups in total. The van der Waals surface area contributed by atoms with E-state index in [0.717, 1.165) is 0 Å². The Morgan fingerprint density at radius 1 is 1.04 bits per heavy atom. The molecule has 2 rings (SSSR count). The van der Waals surface area contributed by atoms with Gasteiger partial charge >= 0.3 is 18.3 Å². The maximum absolute atomic E-state index is 12.3. The molecule has 0 unspecified atom stereocenters. The van der Waals surface area contributed by atoms with Gasteiger partial charge in [-0.3, -0.25) is 4.79 Å². The van der Waals surface area contributed by atoms with Crippen LogP contribution in [0.5, 0.6) is 0 Å². The molecule has 3 nitrogen and oxygen atoms in total. The van der Waals surface area contributed by atoms with Gasteiger partial charge in [0.25, 0.3) is 0 Å². The normalized spacial score (nSPS) is 24.6. The van der Waals surface area contributed by atoms with Crippen LogP contribution in [0.25, 0.3) is 0 Å².